The Hall–Kier alpha value is -0.930. The molecule has 0 aromatic heterocycles. The van der Waals surface area contributed by atoms with E-state index in [2.05, 4.69) is 5.32 Å². The first-order valence-corrected chi connectivity index (χ1v) is 8.05. The molecule has 1 aliphatic heterocycles. The molecule has 1 aliphatic carbocycles. The fourth-order valence-electron chi connectivity index (χ4n) is 3.10. The second-order valence-electron chi connectivity index (χ2n) is 6.49. The Morgan fingerprint density at radius 3 is 1.85 bits per heavy atom. The van der Waals surface area contributed by atoms with Crippen LogP contribution in [-0.2, 0) is 14.3 Å². The summed E-state index contributed by atoms with van der Waals surface area (Å²) in [5, 5.41) is 80.7. The predicted octanol–water partition coefficient (Wildman–Crippen LogP) is -5.87. The zero-order valence-electron chi connectivity index (χ0n) is 13.9. The van der Waals surface area contributed by atoms with Crippen molar-refractivity contribution >= 4 is 5.91 Å². The summed E-state index contributed by atoms with van der Waals surface area (Å²) < 4.78 is 10.6. The Kier molecular flexibility index (Phi) is 6.90. The molecule has 0 aromatic carbocycles. The smallest absolute Gasteiger partial charge is 0.217 e. The number of carbonyl (C=O) groups excluding carboxylic acids is 1. The van der Waals surface area contributed by atoms with Crippen molar-refractivity contribution in [3.05, 3.63) is 0 Å². The number of hydrogen-bond donors (Lipinski definition) is 9. The minimum atomic E-state index is -1.84. The van der Waals surface area contributed by atoms with Crippen LogP contribution in [0.4, 0.5) is 0 Å². The molecular formula is C14H25NO11. The van der Waals surface area contributed by atoms with E-state index in [1.165, 1.54) is 0 Å². The molecule has 26 heavy (non-hydrogen) atoms. The van der Waals surface area contributed by atoms with Crippen LogP contribution >= 0.6 is 0 Å². The molecule has 1 heterocycles. The predicted molar refractivity (Wildman–Crippen MR) is 80.3 cm³/mol. The SMILES string of the molecule is CC(=O)N[C@@H]1[C@H](OC2[C@H](O)[C@H](O)C(O)[C@H](O)[C@H]2O)O[C@H](CO)[C@H](O)[C@@H]1O. The van der Waals surface area contributed by atoms with Crippen LogP contribution < -0.4 is 5.32 Å². The number of nitrogens with one attached hydrogen (secondary N) is 1. The maximum Gasteiger partial charge on any atom is 0.217 e. The van der Waals surface area contributed by atoms with Crippen molar-refractivity contribution in [3.8, 4) is 0 Å². The van der Waals surface area contributed by atoms with Gasteiger partial charge in [-0.1, -0.05) is 0 Å². The Morgan fingerprint density at radius 2 is 1.38 bits per heavy atom. The Balaban J connectivity index is 2.23. The summed E-state index contributed by atoms with van der Waals surface area (Å²) in [6.45, 7) is 0.424. The maximum atomic E-state index is 11.4. The average molecular weight is 383 g/mol. The molecule has 2 aliphatic rings. The van der Waals surface area contributed by atoms with E-state index in [9.17, 15) is 45.6 Å². The van der Waals surface area contributed by atoms with Crippen molar-refractivity contribution in [3.63, 3.8) is 0 Å². The Labute approximate surface area is 148 Å². The lowest BCUT2D eigenvalue weighted by Crippen LogP contribution is -2.69. The first-order chi connectivity index (χ1) is 12.1. The molecule has 1 saturated heterocycles. The zero-order chi connectivity index (χ0) is 19.8. The number of amides is 1. The number of carbonyl (C=O) groups is 1. The molecule has 152 valence electrons. The van der Waals surface area contributed by atoms with E-state index < -0.39 is 79.8 Å². The fourth-order valence-corrected chi connectivity index (χ4v) is 3.10. The quantitative estimate of drug-likeness (QED) is 0.223. The van der Waals surface area contributed by atoms with Gasteiger partial charge in [-0.15, -0.1) is 0 Å². The van der Waals surface area contributed by atoms with Crippen molar-refractivity contribution in [1.29, 1.82) is 0 Å². The van der Waals surface area contributed by atoms with Crippen molar-refractivity contribution in [1.82, 2.24) is 5.32 Å². The standard InChI is InChI=1S/C14H25NO11/c1-3(17)15-5-7(19)6(18)4(2-16)25-14(5)26-13-11(23)9(21)8(20)10(22)12(13)24/h4-14,16,18-24H,2H2,1H3,(H,15,17)/t4-,5+,6+,7-,8?,9-,10+,11-,12-,13?,14+/m1/s1. The van der Waals surface area contributed by atoms with Crippen LogP contribution in [0.25, 0.3) is 0 Å². The molecular weight excluding hydrogens is 358 g/mol. The Morgan fingerprint density at radius 1 is 0.885 bits per heavy atom. The summed E-state index contributed by atoms with van der Waals surface area (Å²) in [4.78, 5) is 11.4. The summed E-state index contributed by atoms with van der Waals surface area (Å²) in [6.07, 6.45) is -16.9. The van der Waals surface area contributed by atoms with Crippen molar-refractivity contribution < 1.29 is 55.1 Å². The third-order valence-electron chi connectivity index (χ3n) is 4.61. The zero-order valence-corrected chi connectivity index (χ0v) is 13.9. The molecule has 12 heteroatoms. The average Bonchev–Trinajstić information content (AvgIpc) is 2.60. The van der Waals surface area contributed by atoms with Gasteiger partial charge in [0.15, 0.2) is 6.29 Å². The van der Waals surface area contributed by atoms with E-state index in [1.54, 1.807) is 0 Å². The number of hydrogen-bond acceptors (Lipinski definition) is 11. The molecule has 0 bridgehead atoms. The highest BCUT2D eigenvalue weighted by Crippen LogP contribution is 2.29. The van der Waals surface area contributed by atoms with Gasteiger partial charge in [0.2, 0.25) is 5.91 Å². The minimum Gasteiger partial charge on any atom is -0.394 e. The maximum absolute atomic E-state index is 11.4. The molecule has 2 rings (SSSR count). The molecule has 9 N–H and O–H groups in total. The normalized spacial score (nSPS) is 49.7. The van der Waals surface area contributed by atoms with Gasteiger partial charge in [0.1, 0.15) is 61.0 Å². The third-order valence-corrected chi connectivity index (χ3v) is 4.61. The van der Waals surface area contributed by atoms with Gasteiger partial charge in [0, 0.05) is 6.92 Å². The second kappa shape index (κ2) is 8.39. The number of aliphatic hydroxyl groups is 8. The van der Waals surface area contributed by atoms with E-state index in [4.69, 9.17) is 9.47 Å². The van der Waals surface area contributed by atoms with Gasteiger partial charge >= 0.3 is 0 Å². The molecule has 0 aromatic rings. The highest BCUT2D eigenvalue weighted by Gasteiger charge is 2.52. The molecule has 1 saturated carbocycles. The van der Waals surface area contributed by atoms with Crippen LogP contribution in [0.3, 0.4) is 0 Å². The molecule has 0 spiro atoms. The van der Waals surface area contributed by atoms with Gasteiger partial charge in [0.05, 0.1) is 6.61 Å². The molecule has 11 atom stereocenters. The summed E-state index contributed by atoms with van der Waals surface area (Å²) in [5.74, 6) is -0.610. The summed E-state index contributed by atoms with van der Waals surface area (Å²) in [5.41, 5.74) is 0. The highest BCUT2D eigenvalue weighted by atomic mass is 16.7. The van der Waals surface area contributed by atoms with Crippen LogP contribution in [0.15, 0.2) is 0 Å². The lowest BCUT2D eigenvalue weighted by Gasteiger charge is -2.47. The van der Waals surface area contributed by atoms with Crippen LogP contribution in [-0.4, -0.2) is 121 Å². The van der Waals surface area contributed by atoms with Crippen LogP contribution in [0.2, 0.25) is 0 Å². The van der Waals surface area contributed by atoms with Crippen LogP contribution in [0, 0.1) is 0 Å². The molecule has 1 amide bonds. The largest absolute Gasteiger partial charge is 0.394 e. The number of ether oxygens (including phenoxy) is 2. The summed E-state index contributed by atoms with van der Waals surface area (Å²) in [6, 6.07) is -1.34. The van der Waals surface area contributed by atoms with Crippen LogP contribution in [0.5, 0.6) is 0 Å². The van der Waals surface area contributed by atoms with E-state index in [-0.39, 0.29) is 0 Å². The highest BCUT2D eigenvalue weighted by molar-refractivity contribution is 5.73. The van der Waals surface area contributed by atoms with Crippen LogP contribution in [0.1, 0.15) is 6.92 Å². The van der Waals surface area contributed by atoms with Crippen molar-refractivity contribution in [2.75, 3.05) is 6.61 Å². The third kappa shape index (κ3) is 3.99. The van der Waals surface area contributed by atoms with E-state index in [0.29, 0.717) is 0 Å². The number of rotatable bonds is 4. The van der Waals surface area contributed by atoms with Crippen molar-refractivity contribution in [2.24, 2.45) is 0 Å². The van der Waals surface area contributed by atoms with Gasteiger partial charge in [-0.3, -0.25) is 4.79 Å². The Bertz CT molecular complexity index is 478. The summed E-state index contributed by atoms with van der Waals surface area (Å²) >= 11 is 0. The second-order valence-corrected chi connectivity index (χ2v) is 6.49. The lowest BCUT2D eigenvalue weighted by atomic mass is 9.84. The van der Waals surface area contributed by atoms with Gasteiger partial charge in [-0.25, -0.2) is 0 Å². The summed E-state index contributed by atoms with van der Waals surface area (Å²) in [7, 11) is 0. The topological polar surface area (TPSA) is 209 Å². The van der Waals surface area contributed by atoms with E-state index >= 15 is 0 Å². The minimum absolute atomic E-state index is 0.610. The van der Waals surface area contributed by atoms with Gasteiger partial charge in [-0.2, -0.15) is 0 Å². The molecule has 2 unspecified atom stereocenters. The first-order valence-electron chi connectivity index (χ1n) is 8.05. The van der Waals surface area contributed by atoms with Gasteiger partial charge in [0.25, 0.3) is 0 Å². The van der Waals surface area contributed by atoms with Gasteiger partial charge < -0.3 is 55.6 Å². The fraction of sp³-hybridized carbons (Fsp3) is 0.929. The number of aliphatic hydroxyl groups excluding tert-OH is 8. The molecule has 2 fully saturated rings. The monoisotopic (exact) mass is 383 g/mol. The molecule has 0 radical (unpaired) electrons. The van der Waals surface area contributed by atoms with Crippen molar-refractivity contribution in [2.45, 2.75) is 74.2 Å². The van der Waals surface area contributed by atoms with E-state index in [0.717, 1.165) is 6.92 Å². The lowest BCUT2D eigenvalue weighted by molar-refractivity contribution is -0.319. The van der Waals surface area contributed by atoms with Gasteiger partial charge in [-0.05, 0) is 0 Å². The first kappa shape index (κ1) is 21.4. The molecule has 12 nitrogen and oxygen atoms in total. The van der Waals surface area contributed by atoms with E-state index in [1.807, 2.05) is 0 Å².